The van der Waals surface area contributed by atoms with Crippen molar-refractivity contribution in [2.75, 3.05) is 23.5 Å². The fourth-order valence-corrected chi connectivity index (χ4v) is 4.71. The summed E-state index contributed by atoms with van der Waals surface area (Å²) in [6.07, 6.45) is 0.537. The molecule has 3 aromatic rings. The zero-order chi connectivity index (χ0) is 23.5. The topological polar surface area (TPSA) is 49.9 Å². The maximum atomic E-state index is 13.7. The van der Waals surface area contributed by atoms with Gasteiger partial charge < -0.3 is 14.5 Å². The summed E-state index contributed by atoms with van der Waals surface area (Å²) in [7, 11) is 1.60. The molecule has 0 fully saturated rings. The Bertz CT molecular complexity index is 1160. The second kappa shape index (κ2) is 9.67. The van der Waals surface area contributed by atoms with E-state index in [4.69, 9.17) is 16.3 Å². The number of hydrogen-bond acceptors (Lipinski definition) is 3. The van der Waals surface area contributed by atoms with Gasteiger partial charge >= 0.3 is 0 Å². The first-order chi connectivity index (χ1) is 15.9. The van der Waals surface area contributed by atoms with Crippen LogP contribution in [-0.2, 0) is 4.79 Å². The second-order valence-electron chi connectivity index (χ2n) is 8.16. The van der Waals surface area contributed by atoms with E-state index in [-0.39, 0.29) is 23.8 Å². The third-order valence-corrected chi connectivity index (χ3v) is 6.38. The molecule has 0 unspecified atom stereocenters. The molecule has 0 bridgehead atoms. The van der Waals surface area contributed by atoms with Gasteiger partial charge in [0.25, 0.3) is 5.91 Å². The standard InChI is InChI=1S/C27H27ClN2O3/c1-4-29(21-9-7-8-20(28)17-21)27(32)24-16-18(2)30(25-11-6-5-10-23(24)25)26(31)19-12-14-22(33-3)15-13-19/h5-15,17-18,24H,4,16H2,1-3H3/t18-,24-/m0/s1. The SMILES string of the molecule is CCN(C(=O)[C@H]1C[C@H](C)N(C(=O)c2ccc(OC)cc2)c2ccccc21)c1cccc(Cl)c1. The summed E-state index contributed by atoms with van der Waals surface area (Å²) in [5.74, 6) is 0.265. The monoisotopic (exact) mass is 462 g/mol. The lowest BCUT2D eigenvalue weighted by atomic mass is 9.84. The minimum atomic E-state index is -0.352. The van der Waals surface area contributed by atoms with Gasteiger partial charge in [-0.15, -0.1) is 0 Å². The van der Waals surface area contributed by atoms with Gasteiger partial charge in [0.15, 0.2) is 0 Å². The number of anilines is 2. The van der Waals surface area contributed by atoms with Crippen molar-refractivity contribution >= 4 is 34.8 Å². The van der Waals surface area contributed by atoms with Crippen molar-refractivity contribution in [2.24, 2.45) is 0 Å². The van der Waals surface area contributed by atoms with Gasteiger partial charge in [0, 0.05) is 34.5 Å². The molecule has 0 N–H and O–H groups in total. The Hall–Kier alpha value is -3.31. The molecule has 1 aliphatic heterocycles. The van der Waals surface area contributed by atoms with Crippen LogP contribution in [0.15, 0.2) is 72.8 Å². The summed E-state index contributed by atoms with van der Waals surface area (Å²) in [6.45, 7) is 4.48. The number of methoxy groups -OCH3 is 1. The van der Waals surface area contributed by atoms with Crippen LogP contribution in [0.4, 0.5) is 11.4 Å². The maximum Gasteiger partial charge on any atom is 0.258 e. The number of carbonyl (C=O) groups excluding carboxylic acids is 2. The molecule has 5 nitrogen and oxygen atoms in total. The predicted molar refractivity (Wildman–Crippen MR) is 133 cm³/mol. The van der Waals surface area contributed by atoms with Gasteiger partial charge in [-0.25, -0.2) is 0 Å². The number of ether oxygens (including phenoxy) is 1. The summed E-state index contributed by atoms with van der Waals surface area (Å²) < 4.78 is 5.21. The van der Waals surface area contributed by atoms with Crippen LogP contribution in [0.1, 0.15) is 42.1 Å². The molecule has 6 heteroatoms. The summed E-state index contributed by atoms with van der Waals surface area (Å²) >= 11 is 6.18. The van der Waals surface area contributed by atoms with Gasteiger partial charge in [0.1, 0.15) is 5.75 Å². The predicted octanol–water partition coefficient (Wildman–Crippen LogP) is 5.92. The fourth-order valence-electron chi connectivity index (χ4n) is 4.53. The molecule has 33 heavy (non-hydrogen) atoms. The number of hydrogen-bond donors (Lipinski definition) is 0. The number of amides is 2. The van der Waals surface area contributed by atoms with Gasteiger partial charge in [0.2, 0.25) is 5.91 Å². The molecule has 1 heterocycles. The quantitative estimate of drug-likeness (QED) is 0.472. The molecule has 0 radical (unpaired) electrons. The fraction of sp³-hybridized carbons (Fsp3) is 0.259. The van der Waals surface area contributed by atoms with Crippen molar-refractivity contribution in [1.82, 2.24) is 0 Å². The Morgan fingerprint density at radius 3 is 2.45 bits per heavy atom. The lowest BCUT2D eigenvalue weighted by Crippen LogP contribution is -2.46. The van der Waals surface area contributed by atoms with E-state index >= 15 is 0 Å². The van der Waals surface area contributed by atoms with Gasteiger partial charge in [-0.3, -0.25) is 9.59 Å². The first-order valence-corrected chi connectivity index (χ1v) is 11.5. The van der Waals surface area contributed by atoms with Crippen LogP contribution in [0.25, 0.3) is 0 Å². The van der Waals surface area contributed by atoms with Crippen molar-refractivity contribution in [2.45, 2.75) is 32.2 Å². The Morgan fingerprint density at radius 2 is 1.79 bits per heavy atom. The Kier molecular flexibility index (Phi) is 6.70. The minimum absolute atomic E-state index is 0.00983. The molecule has 0 aromatic heterocycles. The molecule has 0 aliphatic carbocycles. The van der Waals surface area contributed by atoms with E-state index in [0.29, 0.717) is 29.3 Å². The summed E-state index contributed by atoms with van der Waals surface area (Å²) in [4.78, 5) is 30.8. The van der Waals surface area contributed by atoms with E-state index in [1.54, 1.807) is 53.3 Å². The third kappa shape index (κ3) is 4.46. The van der Waals surface area contributed by atoms with E-state index < -0.39 is 0 Å². The van der Waals surface area contributed by atoms with Gasteiger partial charge in [0.05, 0.1) is 13.0 Å². The minimum Gasteiger partial charge on any atom is -0.497 e. The molecular weight excluding hydrogens is 436 g/mol. The molecule has 2 amide bonds. The van der Waals surface area contributed by atoms with Crippen LogP contribution < -0.4 is 14.5 Å². The average Bonchev–Trinajstić information content (AvgIpc) is 2.83. The van der Waals surface area contributed by atoms with Crippen molar-refractivity contribution in [3.8, 4) is 5.75 Å². The first kappa shape index (κ1) is 22.9. The van der Waals surface area contributed by atoms with Crippen LogP contribution >= 0.6 is 11.6 Å². The third-order valence-electron chi connectivity index (χ3n) is 6.15. The lowest BCUT2D eigenvalue weighted by molar-refractivity contribution is -0.120. The van der Waals surface area contributed by atoms with E-state index in [0.717, 1.165) is 16.9 Å². The van der Waals surface area contributed by atoms with Gasteiger partial charge in [-0.1, -0.05) is 35.9 Å². The smallest absolute Gasteiger partial charge is 0.258 e. The van der Waals surface area contributed by atoms with Crippen molar-refractivity contribution in [3.63, 3.8) is 0 Å². The normalized spacial score (nSPS) is 17.3. The zero-order valence-corrected chi connectivity index (χ0v) is 19.8. The van der Waals surface area contributed by atoms with Gasteiger partial charge in [-0.2, -0.15) is 0 Å². The molecular formula is C27H27ClN2O3. The molecule has 4 rings (SSSR count). The molecule has 0 saturated heterocycles. The first-order valence-electron chi connectivity index (χ1n) is 11.1. The molecule has 2 atom stereocenters. The van der Waals surface area contributed by atoms with E-state index in [9.17, 15) is 9.59 Å². The Morgan fingerprint density at radius 1 is 1.06 bits per heavy atom. The summed E-state index contributed by atoms with van der Waals surface area (Å²) in [6, 6.07) is 22.0. The number of halogens is 1. The highest BCUT2D eigenvalue weighted by Crippen LogP contribution is 2.41. The van der Waals surface area contributed by atoms with E-state index in [1.165, 1.54) is 0 Å². The zero-order valence-electron chi connectivity index (χ0n) is 19.0. The highest BCUT2D eigenvalue weighted by atomic mass is 35.5. The highest BCUT2D eigenvalue weighted by Gasteiger charge is 2.38. The molecule has 170 valence electrons. The van der Waals surface area contributed by atoms with Crippen LogP contribution in [0.5, 0.6) is 5.75 Å². The lowest BCUT2D eigenvalue weighted by Gasteiger charge is -2.40. The molecule has 0 spiro atoms. The van der Waals surface area contributed by atoms with Crippen molar-refractivity contribution < 1.29 is 14.3 Å². The average molecular weight is 463 g/mol. The Labute approximate surface area is 199 Å². The number of para-hydroxylation sites is 1. The maximum absolute atomic E-state index is 13.7. The number of carbonyl (C=O) groups is 2. The number of nitrogens with zero attached hydrogens (tertiary/aromatic N) is 2. The van der Waals surface area contributed by atoms with Crippen molar-refractivity contribution in [3.05, 3.63) is 88.9 Å². The van der Waals surface area contributed by atoms with Crippen LogP contribution in [0, 0.1) is 0 Å². The largest absolute Gasteiger partial charge is 0.497 e. The van der Waals surface area contributed by atoms with Gasteiger partial charge in [-0.05, 0) is 74.4 Å². The molecule has 0 saturated carbocycles. The number of rotatable bonds is 5. The van der Waals surface area contributed by atoms with Crippen LogP contribution in [-0.4, -0.2) is 31.5 Å². The molecule has 1 aliphatic rings. The molecule has 3 aromatic carbocycles. The van der Waals surface area contributed by atoms with Crippen molar-refractivity contribution in [1.29, 1.82) is 0 Å². The van der Waals surface area contributed by atoms with Crippen LogP contribution in [0.3, 0.4) is 0 Å². The summed E-state index contributed by atoms with van der Waals surface area (Å²) in [5, 5.41) is 0.590. The highest BCUT2D eigenvalue weighted by molar-refractivity contribution is 6.31. The van der Waals surface area contributed by atoms with Crippen LogP contribution in [0.2, 0.25) is 5.02 Å². The number of likely N-dealkylation sites (N-methyl/N-ethyl adjacent to an activating group) is 1. The summed E-state index contributed by atoms with van der Waals surface area (Å²) in [5.41, 5.74) is 2.99. The van der Waals surface area contributed by atoms with E-state index in [2.05, 4.69) is 0 Å². The Balaban J connectivity index is 1.69. The number of benzene rings is 3. The van der Waals surface area contributed by atoms with E-state index in [1.807, 2.05) is 50.2 Å². The number of fused-ring (bicyclic) bond motifs is 1. The second-order valence-corrected chi connectivity index (χ2v) is 8.60.